The molecule has 5 aromatic rings. The molecule has 0 atom stereocenters. The minimum atomic E-state index is -0.143. The van der Waals surface area contributed by atoms with E-state index >= 15 is 0 Å². The average molecular weight is 500 g/mol. The number of hydrogen-bond donors (Lipinski definition) is 2. The lowest BCUT2D eigenvalue weighted by Gasteiger charge is -2.12. The molecule has 6 nitrogen and oxygen atoms in total. The van der Waals surface area contributed by atoms with E-state index in [0.717, 1.165) is 44.4 Å². The minimum Gasteiger partial charge on any atom is -0.497 e. The standard InChI is InChI=1S/C29H26ClN3O3/c1-3-36-28-16-27(18-5-4-6-21(30)13-18)33-26-9-7-19(14-24(26)28)29(34)31-12-11-20-17-32-25-10-8-22(35-2)15-23(20)25/h4-10,13-17,32H,3,11-12H2,1-2H3,(H,31,34). The Hall–Kier alpha value is -4.03. The van der Waals surface area contributed by atoms with Crippen molar-refractivity contribution in [2.24, 2.45) is 0 Å². The number of carbonyl (C=O) groups excluding carboxylic acids is 1. The molecule has 5 rings (SSSR count). The zero-order chi connectivity index (χ0) is 25.1. The largest absolute Gasteiger partial charge is 0.497 e. The molecule has 2 aromatic heterocycles. The van der Waals surface area contributed by atoms with Crippen molar-refractivity contribution in [2.45, 2.75) is 13.3 Å². The number of rotatable bonds is 8. The van der Waals surface area contributed by atoms with Crippen LogP contribution in [0, 0.1) is 0 Å². The van der Waals surface area contributed by atoms with E-state index in [-0.39, 0.29) is 5.91 Å². The fourth-order valence-electron chi connectivity index (χ4n) is 4.31. The summed E-state index contributed by atoms with van der Waals surface area (Å²) in [6, 6.07) is 20.8. The van der Waals surface area contributed by atoms with Crippen LogP contribution < -0.4 is 14.8 Å². The van der Waals surface area contributed by atoms with Gasteiger partial charge in [0, 0.05) is 51.2 Å². The van der Waals surface area contributed by atoms with Crippen molar-refractivity contribution in [1.29, 1.82) is 0 Å². The first-order valence-corrected chi connectivity index (χ1v) is 12.2. The van der Waals surface area contributed by atoms with Gasteiger partial charge in [0.05, 0.1) is 24.9 Å². The highest BCUT2D eigenvalue weighted by molar-refractivity contribution is 6.30. The average Bonchev–Trinajstić information content (AvgIpc) is 3.30. The molecule has 36 heavy (non-hydrogen) atoms. The van der Waals surface area contributed by atoms with E-state index in [2.05, 4.69) is 10.3 Å². The lowest BCUT2D eigenvalue weighted by atomic mass is 10.1. The Morgan fingerprint density at radius 1 is 1.06 bits per heavy atom. The van der Waals surface area contributed by atoms with Crippen LogP contribution in [0.15, 0.2) is 72.9 Å². The van der Waals surface area contributed by atoms with E-state index < -0.39 is 0 Å². The van der Waals surface area contributed by atoms with Gasteiger partial charge in [-0.1, -0.05) is 23.7 Å². The molecule has 3 aromatic carbocycles. The molecule has 0 aliphatic carbocycles. The van der Waals surface area contributed by atoms with Crippen LogP contribution in [0.2, 0.25) is 5.02 Å². The second kappa shape index (κ2) is 10.3. The Labute approximate surface area is 214 Å². The highest BCUT2D eigenvalue weighted by atomic mass is 35.5. The number of nitrogens with zero attached hydrogens (tertiary/aromatic N) is 1. The molecule has 0 fully saturated rings. The molecule has 0 aliphatic heterocycles. The number of halogens is 1. The second-order valence-electron chi connectivity index (χ2n) is 8.41. The van der Waals surface area contributed by atoms with Crippen LogP contribution >= 0.6 is 11.6 Å². The molecular weight excluding hydrogens is 474 g/mol. The summed E-state index contributed by atoms with van der Waals surface area (Å²) < 4.78 is 11.3. The number of ether oxygens (including phenoxy) is 2. The number of amides is 1. The number of methoxy groups -OCH3 is 1. The Balaban J connectivity index is 1.35. The predicted molar refractivity (Wildman–Crippen MR) is 144 cm³/mol. The van der Waals surface area contributed by atoms with E-state index in [1.54, 1.807) is 13.2 Å². The molecule has 0 bridgehead atoms. The van der Waals surface area contributed by atoms with E-state index in [4.69, 9.17) is 26.1 Å². The van der Waals surface area contributed by atoms with Gasteiger partial charge in [-0.2, -0.15) is 0 Å². The molecule has 0 aliphatic rings. The molecule has 0 unspecified atom stereocenters. The molecule has 0 radical (unpaired) electrons. The lowest BCUT2D eigenvalue weighted by Crippen LogP contribution is -2.25. The van der Waals surface area contributed by atoms with Gasteiger partial charge in [-0.25, -0.2) is 4.98 Å². The summed E-state index contributed by atoms with van der Waals surface area (Å²) in [5, 5.41) is 5.56. The molecular formula is C29H26ClN3O3. The maximum absolute atomic E-state index is 13.0. The number of benzene rings is 3. The van der Waals surface area contributed by atoms with E-state index in [1.807, 2.05) is 73.8 Å². The van der Waals surface area contributed by atoms with Gasteiger partial charge >= 0.3 is 0 Å². The summed E-state index contributed by atoms with van der Waals surface area (Å²) in [7, 11) is 1.65. The number of aromatic nitrogens is 2. The third kappa shape index (κ3) is 4.86. The topological polar surface area (TPSA) is 76.2 Å². The fraction of sp³-hybridized carbons (Fsp3) is 0.172. The van der Waals surface area contributed by atoms with Crippen LogP contribution in [-0.4, -0.2) is 36.1 Å². The summed E-state index contributed by atoms with van der Waals surface area (Å²) in [6.07, 6.45) is 2.67. The van der Waals surface area contributed by atoms with Crippen LogP contribution in [0.1, 0.15) is 22.8 Å². The molecule has 182 valence electrons. The Morgan fingerprint density at radius 2 is 1.94 bits per heavy atom. The van der Waals surface area contributed by atoms with Crippen LogP contribution in [0.3, 0.4) is 0 Å². The molecule has 2 heterocycles. The van der Waals surface area contributed by atoms with E-state index in [9.17, 15) is 4.79 Å². The predicted octanol–water partition coefficient (Wildman–Crippen LogP) is 6.42. The lowest BCUT2D eigenvalue weighted by molar-refractivity contribution is 0.0954. The van der Waals surface area contributed by atoms with Crippen LogP contribution in [0.5, 0.6) is 11.5 Å². The quantitative estimate of drug-likeness (QED) is 0.258. The number of carbonyl (C=O) groups is 1. The Kier molecular flexibility index (Phi) is 6.78. The minimum absolute atomic E-state index is 0.143. The van der Waals surface area contributed by atoms with Crippen LogP contribution in [0.4, 0.5) is 0 Å². The summed E-state index contributed by atoms with van der Waals surface area (Å²) in [4.78, 5) is 21.0. The van der Waals surface area contributed by atoms with Gasteiger partial charge in [0.2, 0.25) is 0 Å². The number of pyridine rings is 1. The van der Waals surface area contributed by atoms with E-state index in [0.29, 0.717) is 35.9 Å². The normalized spacial score (nSPS) is 11.1. The van der Waals surface area contributed by atoms with Gasteiger partial charge < -0.3 is 19.8 Å². The summed E-state index contributed by atoms with van der Waals surface area (Å²) >= 11 is 6.18. The van der Waals surface area contributed by atoms with Gasteiger partial charge in [0.25, 0.3) is 5.91 Å². The molecule has 0 saturated heterocycles. The first-order valence-electron chi connectivity index (χ1n) is 11.8. The fourth-order valence-corrected chi connectivity index (χ4v) is 4.50. The van der Waals surface area contributed by atoms with Gasteiger partial charge in [-0.3, -0.25) is 4.79 Å². The number of hydrogen-bond acceptors (Lipinski definition) is 4. The maximum Gasteiger partial charge on any atom is 0.251 e. The molecule has 2 N–H and O–H groups in total. The zero-order valence-corrected chi connectivity index (χ0v) is 20.9. The first-order chi connectivity index (χ1) is 17.6. The molecule has 0 spiro atoms. The van der Waals surface area contributed by atoms with Crippen molar-refractivity contribution >= 4 is 39.3 Å². The number of nitrogens with one attached hydrogen (secondary N) is 2. The summed E-state index contributed by atoms with van der Waals surface area (Å²) in [6.45, 7) is 2.94. The zero-order valence-electron chi connectivity index (χ0n) is 20.1. The van der Waals surface area contributed by atoms with Crippen molar-refractivity contribution in [3.63, 3.8) is 0 Å². The Bertz CT molecular complexity index is 1560. The van der Waals surface area contributed by atoms with Crippen molar-refractivity contribution in [2.75, 3.05) is 20.3 Å². The highest BCUT2D eigenvalue weighted by Crippen LogP contribution is 2.32. The van der Waals surface area contributed by atoms with Gasteiger partial charge in [-0.15, -0.1) is 0 Å². The third-order valence-electron chi connectivity index (χ3n) is 6.11. The van der Waals surface area contributed by atoms with Gasteiger partial charge in [-0.05, 0) is 67.4 Å². The van der Waals surface area contributed by atoms with Gasteiger partial charge in [0.15, 0.2) is 0 Å². The third-order valence-corrected chi connectivity index (χ3v) is 6.34. The SMILES string of the molecule is CCOc1cc(-c2cccc(Cl)c2)nc2ccc(C(=O)NCCc3c[nH]c4ccc(OC)cc34)cc12. The maximum atomic E-state index is 13.0. The van der Waals surface area contributed by atoms with E-state index in [1.165, 1.54) is 0 Å². The monoisotopic (exact) mass is 499 g/mol. The molecule has 7 heteroatoms. The summed E-state index contributed by atoms with van der Waals surface area (Å²) in [5.41, 5.74) is 5.14. The number of aromatic amines is 1. The van der Waals surface area contributed by atoms with Crippen molar-refractivity contribution in [3.8, 4) is 22.8 Å². The molecule has 1 amide bonds. The van der Waals surface area contributed by atoms with Gasteiger partial charge in [0.1, 0.15) is 11.5 Å². The first kappa shape index (κ1) is 23.7. The van der Waals surface area contributed by atoms with Crippen molar-refractivity contribution in [3.05, 3.63) is 89.1 Å². The Morgan fingerprint density at radius 3 is 2.75 bits per heavy atom. The van der Waals surface area contributed by atoms with Crippen LogP contribution in [0.25, 0.3) is 33.1 Å². The summed E-state index contributed by atoms with van der Waals surface area (Å²) in [5.74, 6) is 1.34. The molecule has 0 saturated carbocycles. The smallest absolute Gasteiger partial charge is 0.251 e. The second-order valence-corrected chi connectivity index (χ2v) is 8.85. The highest BCUT2D eigenvalue weighted by Gasteiger charge is 2.13. The van der Waals surface area contributed by atoms with Crippen LogP contribution in [-0.2, 0) is 6.42 Å². The van der Waals surface area contributed by atoms with Crippen molar-refractivity contribution < 1.29 is 14.3 Å². The van der Waals surface area contributed by atoms with Crippen molar-refractivity contribution in [1.82, 2.24) is 15.3 Å². The number of H-pyrrole nitrogens is 1. The number of fused-ring (bicyclic) bond motifs is 2.